The molecule has 0 spiro atoms. The molecule has 2 aromatic rings. The lowest BCUT2D eigenvalue weighted by Gasteiger charge is -2.33. The summed E-state index contributed by atoms with van der Waals surface area (Å²) in [5, 5.41) is 9.87. The van der Waals surface area contributed by atoms with Crippen molar-refractivity contribution >= 4 is 11.7 Å². The molecule has 0 amide bonds. The standard InChI is InChI=1S/C28H39NO4/c1-4-5-17-32-18-19-33-23-12-10-22(11-13-23)24-14-15-26(28(30)31)25-9-7-6-8-16-29(27(24)25)20-21(2)3/h10-15,21H,4-9,16-20H2,1-3H3,(H,30,31). The molecule has 180 valence electrons. The van der Waals surface area contributed by atoms with Gasteiger partial charge in [0, 0.05) is 30.9 Å². The van der Waals surface area contributed by atoms with E-state index < -0.39 is 5.97 Å². The number of carbonyl (C=O) groups is 1. The van der Waals surface area contributed by atoms with Gasteiger partial charge >= 0.3 is 5.97 Å². The maximum atomic E-state index is 12.0. The first-order valence-corrected chi connectivity index (χ1v) is 12.5. The number of benzene rings is 2. The molecule has 0 aliphatic carbocycles. The molecule has 5 nitrogen and oxygen atoms in total. The van der Waals surface area contributed by atoms with Gasteiger partial charge in [0.05, 0.1) is 12.2 Å². The molecular weight excluding hydrogens is 414 g/mol. The number of aromatic carboxylic acids is 1. The lowest BCUT2D eigenvalue weighted by molar-refractivity contribution is 0.0695. The molecule has 0 aromatic heterocycles. The largest absolute Gasteiger partial charge is 0.491 e. The van der Waals surface area contributed by atoms with Crippen LogP contribution >= 0.6 is 0 Å². The number of nitrogens with zero attached hydrogens (tertiary/aromatic N) is 1. The summed E-state index contributed by atoms with van der Waals surface area (Å²) in [5.41, 5.74) is 4.70. The summed E-state index contributed by atoms with van der Waals surface area (Å²) in [6.07, 6.45) is 6.31. The van der Waals surface area contributed by atoms with Crippen LogP contribution in [0.4, 0.5) is 5.69 Å². The van der Waals surface area contributed by atoms with E-state index >= 15 is 0 Å². The van der Waals surface area contributed by atoms with E-state index in [-0.39, 0.29) is 0 Å². The van der Waals surface area contributed by atoms with Crippen molar-refractivity contribution in [2.24, 2.45) is 5.92 Å². The summed E-state index contributed by atoms with van der Waals surface area (Å²) < 4.78 is 11.4. The van der Waals surface area contributed by atoms with E-state index in [0.29, 0.717) is 24.7 Å². The molecule has 0 unspecified atom stereocenters. The molecule has 1 N–H and O–H groups in total. The zero-order chi connectivity index (χ0) is 23.6. The molecule has 0 saturated carbocycles. The second-order valence-corrected chi connectivity index (χ2v) is 9.28. The van der Waals surface area contributed by atoms with Gasteiger partial charge in [-0.15, -0.1) is 0 Å². The van der Waals surface area contributed by atoms with Gasteiger partial charge in [0.25, 0.3) is 0 Å². The fourth-order valence-electron chi connectivity index (χ4n) is 4.50. The first-order valence-electron chi connectivity index (χ1n) is 12.5. The highest BCUT2D eigenvalue weighted by Crippen LogP contribution is 2.39. The number of anilines is 1. The predicted molar refractivity (Wildman–Crippen MR) is 135 cm³/mol. The average Bonchev–Trinajstić information content (AvgIpc) is 2.78. The van der Waals surface area contributed by atoms with Crippen molar-refractivity contribution in [3.8, 4) is 16.9 Å². The van der Waals surface area contributed by atoms with Gasteiger partial charge in [-0.1, -0.05) is 51.8 Å². The Labute approximate surface area is 198 Å². The third-order valence-corrected chi connectivity index (χ3v) is 6.07. The first-order chi connectivity index (χ1) is 16.0. The fourth-order valence-corrected chi connectivity index (χ4v) is 4.50. The topological polar surface area (TPSA) is 59.0 Å². The van der Waals surface area contributed by atoms with E-state index in [1.807, 2.05) is 18.2 Å². The van der Waals surface area contributed by atoms with Gasteiger partial charge in [0.2, 0.25) is 0 Å². The van der Waals surface area contributed by atoms with Crippen LogP contribution in [0.5, 0.6) is 5.75 Å². The summed E-state index contributed by atoms with van der Waals surface area (Å²) in [4.78, 5) is 14.4. The van der Waals surface area contributed by atoms with Gasteiger partial charge in [-0.25, -0.2) is 4.79 Å². The number of unbranched alkanes of at least 4 members (excludes halogenated alkanes) is 1. The normalized spacial score (nSPS) is 14.0. The van der Waals surface area contributed by atoms with Gasteiger partial charge in [-0.05, 0) is 60.9 Å². The van der Waals surface area contributed by atoms with Crippen LogP contribution in [0.2, 0.25) is 0 Å². The number of rotatable bonds is 11. The second kappa shape index (κ2) is 12.6. The number of fused-ring (bicyclic) bond motifs is 1. The smallest absolute Gasteiger partial charge is 0.336 e. The molecule has 5 heteroatoms. The van der Waals surface area contributed by atoms with Crippen molar-refractivity contribution in [3.05, 3.63) is 47.5 Å². The van der Waals surface area contributed by atoms with Crippen LogP contribution in [0.25, 0.3) is 11.1 Å². The Hall–Kier alpha value is -2.53. The monoisotopic (exact) mass is 453 g/mol. The van der Waals surface area contributed by atoms with Gasteiger partial charge < -0.3 is 19.5 Å². The van der Waals surface area contributed by atoms with Crippen LogP contribution in [-0.2, 0) is 11.2 Å². The lowest BCUT2D eigenvalue weighted by atomic mass is 9.90. The molecule has 2 aromatic carbocycles. The van der Waals surface area contributed by atoms with Crippen molar-refractivity contribution in [1.82, 2.24) is 0 Å². The van der Waals surface area contributed by atoms with Crippen LogP contribution < -0.4 is 9.64 Å². The van der Waals surface area contributed by atoms with Gasteiger partial charge in [0.1, 0.15) is 12.4 Å². The van der Waals surface area contributed by atoms with Crippen LogP contribution in [0.3, 0.4) is 0 Å². The van der Waals surface area contributed by atoms with E-state index in [2.05, 4.69) is 37.8 Å². The quantitative estimate of drug-likeness (QED) is 0.397. The van der Waals surface area contributed by atoms with Crippen LogP contribution in [0.15, 0.2) is 36.4 Å². The van der Waals surface area contributed by atoms with Crippen LogP contribution in [0, 0.1) is 5.92 Å². The zero-order valence-corrected chi connectivity index (χ0v) is 20.4. The molecule has 0 fully saturated rings. The predicted octanol–water partition coefficient (Wildman–Crippen LogP) is 6.44. The fraction of sp³-hybridized carbons (Fsp3) is 0.536. The minimum Gasteiger partial charge on any atom is -0.491 e. The number of hydrogen-bond acceptors (Lipinski definition) is 4. The summed E-state index contributed by atoms with van der Waals surface area (Å²) in [5.74, 6) is 0.476. The van der Waals surface area contributed by atoms with Gasteiger partial charge in [-0.2, -0.15) is 0 Å². The third kappa shape index (κ3) is 6.97. The summed E-state index contributed by atoms with van der Waals surface area (Å²) in [6, 6.07) is 11.9. The molecule has 1 aliphatic rings. The molecule has 0 saturated heterocycles. The number of hydrogen-bond donors (Lipinski definition) is 1. The maximum Gasteiger partial charge on any atom is 0.336 e. The molecule has 0 radical (unpaired) electrons. The Balaban J connectivity index is 1.87. The Morgan fingerprint density at radius 1 is 1.03 bits per heavy atom. The van der Waals surface area contributed by atoms with Gasteiger partial charge in [-0.3, -0.25) is 0 Å². The summed E-state index contributed by atoms with van der Waals surface area (Å²) in [6.45, 7) is 10.4. The summed E-state index contributed by atoms with van der Waals surface area (Å²) >= 11 is 0. The van der Waals surface area contributed by atoms with Crippen LogP contribution in [-0.4, -0.2) is 44.0 Å². The zero-order valence-electron chi connectivity index (χ0n) is 20.4. The Kier molecular flexibility index (Phi) is 9.61. The van der Waals surface area contributed by atoms with E-state index in [0.717, 1.165) is 86.3 Å². The molecular formula is C28H39NO4. The minimum absolute atomic E-state index is 0.437. The van der Waals surface area contributed by atoms with Crippen molar-refractivity contribution in [2.45, 2.75) is 59.3 Å². The average molecular weight is 454 g/mol. The third-order valence-electron chi connectivity index (χ3n) is 6.07. The summed E-state index contributed by atoms with van der Waals surface area (Å²) in [7, 11) is 0. The molecule has 33 heavy (non-hydrogen) atoms. The first kappa shape index (κ1) is 25.1. The van der Waals surface area contributed by atoms with E-state index in [1.54, 1.807) is 6.07 Å². The van der Waals surface area contributed by atoms with Crippen LogP contribution in [0.1, 0.15) is 68.8 Å². The molecule has 0 bridgehead atoms. The minimum atomic E-state index is -0.840. The van der Waals surface area contributed by atoms with Gasteiger partial charge in [0.15, 0.2) is 0 Å². The molecule has 1 aliphatic heterocycles. The highest BCUT2D eigenvalue weighted by Gasteiger charge is 2.24. The van der Waals surface area contributed by atoms with Crippen molar-refractivity contribution in [3.63, 3.8) is 0 Å². The van der Waals surface area contributed by atoms with Crippen molar-refractivity contribution in [1.29, 1.82) is 0 Å². The SMILES string of the molecule is CCCCOCCOc1ccc(-c2ccc(C(=O)O)c3c2N(CC(C)C)CCCCC3)cc1. The maximum absolute atomic E-state index is 12.0. The molecule has 0 atom stereocenters. The lowest BCUT2D eigenvalue weighted by Crippen LogP contribution is -2.31. The van der Waals surface area contributed by atoms with Crippen molar-refractivity contribution in [2.75, 3.05) is 37.8 Å². The van der Waals surface area contributed by atoms with Crippen molar-refractivity contribution < 1.29 is 19.4 Å². The number of carboxylic acid groups (broad SMARTS) is 1. The van der Waals surface area contributed by atoms with E-state index in [4.69, 9.17) is 9.47 Å². The second-order valence-electron chi connectivity index (χ2n) is 9.28. The molecule has 1 heterocycles. The highest BCUT2D eigenvalue weighted by atomic mass is 16.5. The van der Waals surface area contributed by atoms with E-state index in [9.17, 15) is 9.90 Å². The Morgan fingerprint density at radius 2 is 1.82 bits per heavy atom. The Morgan fingerprint density at radius 3 is 2.52 bits per heavy atom. The highest BCUT2D eigenvalue weighted by molar-refractivity contribution is 5.95. The number of ether oxygens (including phenoxy) is 2. The molecule has 3 rings (SSSR count). The van der Waals surface area contributed by atoms with E-state index in [1.165, 1.54) is 0 Å². The Bertz CT molecular complexity index is 892. The number of carboxylic acids is 1.